The van der Waals surface area contributed by atoms with Crippen LogP contribution in [0.1, 0.15) is 22.5 Å². The molecule has 1 N–H and O–H groups in total. The van der Waals surface area contributed by atoms with Gasteiger partial charge in [-0.3, -0.25) is 0 Å². The number of esters is 2. The van der Waals surface area contributed by atoms with Crippen LogP contribution in [0.25, 0.3) is 0 Å². The number of hydrogen-bond donors (Lipinski definition) is 1. The Balaban J connectivity index is 1.56. The lowest BCUT2D eigenvalue weighted by Gasteiger charge is -2.06. The second-order valence-electron chi connectivity index (χ2n) is 4.73. The van der Waals surface area contributed by atoms with E-state index in [2.05, 4.69) is 10.3 Å². The average Bonchev–Trinajstić information content (AvgIpc) is 3.16. The highest BCUT2D eigenvalue weighted by atomic mass is 32.1. The lowest BCUT2D eigenvalue weighted by Crippen LogP contribution is -2.22. The van der Waals surface area contributed by atoms with E-state index in [9.17, 15) is 9.59 Å². The van der Waals surface area contributed by atoms with Crippen LogP contribution < -0.4 is 5.32 Å². The number of thiazole rings is 1. The highest BCUT2D eigenvalue weighted by molar-refractivity contribution is 7.13. The Morgan fingerprint density at radius 1 is 1.41 bits per heavy atom. The van der Waals surface area contributed by atoms with E-state index in [-0.39, 0.29) is 12.3 Å². The van der Waals surface area contributed by atoms with Gasteiger partial charge >= 0.3 is 11.9 Å². The van der Waals surface area contributed by atoms with Crippen LogP contribution in [0.15, 0.2) is 35.7 Å². The van der Waals surface area contributed by atoms with Crippen LogP contribution in [0, 0.1) is 0 Å². The first-order valence-electron chi connectivity index (χ1n) is 6.83. The van der Waals surface area contributed by atoms with Gasteiger partial charge in [-0.05, 0) is 5.56 Å². The summed E-state index contributed by atoms with van der Waals surface area (Å²) < 4.78 is 9.84. The van der Waals surface area contributed by atoms with Crippen LogP contribution >= 0.6 is 11.3 Å². The summed E-state index contributed by atoms with van der Waals surface area (Å²) in [6.07, 6.45) is -0.414. The van der Waals surface area contributed by atoms with Crippen LogP contribution in [0.3, 0.4) is 0 Å². The Bertz CT molecular complexity index is 671. The van der Waals surface area contributed by atoms with Gasteiger partial charge in [0.1, 0.15) is 0 Å². The predicted molar refractivity (Wildman–Crippen MR) is 80.7 cm³/mol. The molecule has 114 valence electrons. The molecule has 7 heteroatoms. The van der Waals surface area contributed by atoms with Gasteiger partial charge in [0.2, 0.25) is 6.10 Å². The van der Waals surface area contributed by atoms with Gasteiger partial charge in [-0.2, -0.15) is 0 Å². The summed E-state index contributed by atoms with van der Waals surface area (Å²) in [4.78, 5) is 27.4. The van der Waals surface area contributed by atoms with Gasteiger partial charge in [-0.1, -0.05) is 30.3 Å². The molecule has 1 saturated heterocycles. The first-order valence-corrected chi connectivity index (χ1v) is 7.71. The van der Waals surface area contributed by atoms with E-state index < -0.39 is 18.0 Å². The molecule has 1 aromatic carbocycles. The van der Waals surface area contributed by atoms with Crippen molar-refractivity contribution in [3.63, 3.8) is 0 Å². The maximum absolute atomic E-state index is 11.9. The highest BCUT2D eigenvalue weighted by Crippen LogP contribution is 2.19. The molecule has 0 amide bonds. The highest BCUT2D eigenvalue weighted by Gasteiger charge is 2.31. The molecule has 0 saturated carbocycles. The van der Waals surface area contributed by atoms with Crippen LogP contribution in [0.2, 0.25) is 0 Å². The normalized spacial score (nSPS) is 17.1. The Labute approximate surface area is 131 Å². The Morgan fingerprint density at radius 2 is 2.23 bits per heavy atom. The summed E-state index contributed by atoms with van der Waals surface area (Å²) in [5.74, 6) is -1.10. The number of aromatic nitrogens is 1. The van der Waals surface area contributed by atoms with Gasteiger partial charge in [-0.25, -0.2) is 14.6 Å². The monoisotopic (exact) mass is 318 g/mol. The molecular formula is C15H14N2O4S. The number of hydrogen-bond acceptors (Lipinski definition) is 7. The van der Waals surface area contributed by atoms with Crippen molar-refractivity contribution in [2.75, 3.05) is 11.9 Å². The average molecular weight is 318 g/mol. The van der Waals surface area contributed by atoms with Crippen molar-refractivity contribution in [1.82, 2.24) is 4.98 Å². The molecule has 1 atom stereocenters. The van der Waals surface area contributed by atoms with Crippen LogP contribution in [0.4, 0.5) is 5.13 Å². The molecule has 0 bridgehead atoms. The van der Waals surface area contributed by atoms with Crippen molar-refractivity contribution < 1.29 is 19.1 Å². The number of nitrogens with zero attached hydrogens (tertiary/aromatic N) is 1. The largest absolute Gasteiger partial charge is 0.463 e. The number of carbonyl (C=O) groups excluding carboxylic acids is 2. The molecule has 1 fully saturated rings. The molecule has 1 aliphatic heterocycles. The van der Waals surface area contributed by atoms with Crippen LogP contribution in [0.5, 0.6) is 0 Å². The maximum atomic E-state index is 11.9. The zero-order valence-corrected chi connectivity index (χ0v) is 12.5. The molecule has 22 heavy (non-hydrogen) atoms. The van der Waals surface area contributed by atoms with Crippen molar-refractivity contribution in [2.45, 2.75) is 19.1 Å². The van der Waals surface area contributed by atoms with E-state index >= 15 is 0 Å². The minimum atomic E-state index is -0.810. The number of rotatable bonds is 5. The fourth-order valence-electron chi connectivity index (χ4n) is 2.00. The zero-order chi connectivity index (χ0) is 15.4. The topological polar surface area (TPSA) is 77.5 Å². The molecule has 6 nitrogen and oxygen atoms in total. The fourth-order valence-corrected chi connectivity index (χ4v) is 2.67. The standard InChI is InChI=1S/C15H14N2O4S/c18-13(21-12-6-7-20-14(12)19)11-9-22-15(17-11)16-8-10-4-2-1-3-5-10/h1-5,9,12H,6-8H2,(H,16,17)/t12-/m0/s1. The van der Waals surface area contributed by atoms with Crippen molar-refractivity contribution in [2.24, 2.45) is 0 Å². The molecule has 0 unspecified atom stereocenters. The van der Waals surface area contributed by atoms with Crippen LogP contribution in [-0.4, -0.2) is 29.6 Å². The minimum Gasteiger partial charge on any atom is -0.463 e. The number of benzene rings is 1. The van der Waals surface area contributed by atoms with E-state index in [1.807, 2.05) is 30.3 Å². The summed E-state index contributed by atoms with van der Waals surface area (Å²) >= 11 is 1.32. The number of nitrogens with one attached hydrogen (secondary N) is 1. The number of carbonyl (C=O) groups is 2. The van der Waals surface area contributed by atoms with E-state index in [0.29, 0.717) is 18.1 Å². The van der Waals surface area contributed by atoms with Crippen LogP contribution in [-0.2, 0) is 20.8 Å². The predicted octanol–water partition coefficient (Wildman–Crippen LogP) is 2.23. The molecule has 2 aromatic rings. The molecule has 1 aromatic heterocycles. The smallest absolute Gasteiger partial charge is 0.358 e. The first kappa shape index (κ1) is 14.5. The Hall–Kier alpha value is -2.41. The lowest BCUT2D eigenvalue weighted by molar-refractivity contribution is -0.145. The Kier molecular flexibility index (Phi) is 4.34. The van der Waals surface area contributed by atoms with Gasteiger partial charge in [-0.15, -0.1) is 11.3 Å². The van der Waals surface area contributed by atoms with Gasteiger partial charge in [0.05, 0.1) is 6.61 Å². The molecule has 0 spiro atoms. The van der Waals surface area contributed by atoms with Crippen molar-refractivity contribution in [3.8, 4) is 0 Å². The maximum Gasteiger partial charge on any atom is 0.358 e. The number of cyclic esters (lactones) is 1. The second kappa shape index (κ2) is 6.57. The molecule has 1 aliphatic rings. The summed E-state index contributed by atoms with van der Waals surface area (Å²) in [6, 6.07) is 9.88. The molecule has 0 radical (unpaired) electrons. The quantitative estimate of drug-likeness (QED) is 0.852. The minimum absolute atomic E-state index is 0.195. The van der Waals surface area contributed by atoms with Gasteiger partial charge in [0, 0.05) is 18.3 Å². The fraction of sp³-hybridized carbons (Fsp3) is 0.267. The van der Waals surface area contributed by atoms with Gasteiger partial charge in [0.25, 0.3) is 0 Å². The summed E-state index contributed by atoms with van der Waals surface area (Å²) in [5, 5.41) is 5.38. The molecule has 3 rings (SSSR count). The molecular weight excluding hydrogens is 304 g/mol. The second-order valence-corrected chi connectivity index (χ2v) is 5.59. The summed E-state index contributed by atoms with van der Waals surface area (Å²) in [6.45, 7) is 0.912. The summed E-state index contributed by atoms with van der Waals surface area (Å²) in [7, 11) is 0. The van der Waals surface area contributed by atoms with Gasteiger partial charge in [0.15, 0.2) is 10.8 Å². The van der Waals surface area contributed by atoms with Crippen molar-refractivity contribution >= 4 is 28.4 Å². The van der Waals surface area contributed by atoms with Crippen molar-refractivity contribution in [3.05, 3.63) is 47.0 Å². The number of ether oxygens (including phenoxy) is 2. The van der Waals surface area contributed by atoms with Crippen molar-refractivity contribution in [1.29, 1.82) is 0 Å². The first-order chi connectivity index (χ1) is 10.7. The SMILES string of the molecule is O=C(O[C@H]1CCOC1=O)c1csc(NCc2ccccc2)n1. The molecule has 2 heterocycles. The zero-order valence-electron chi connectivity index (χ0n) is 11.7. The van der Waals surface area contributed by atoms with Gasteiger partial charge < -0.3 is 14.8 Å². The third-order valence-electron chi connectivity index (χ3n) is 3.14. The van der Waals surface area contributed by atoms with E-state index in [1.54, 1.807) is 5.38 Å². The third kappa shape index (κ3) is 3.43. The van der Waals surface area contributed by atoms with E-state index in [1.165, 1.54) is 11.3 Å². The Morgan fingerprint density at radius 3 is 2.95 bits per heavy atom. The molecule has 0 aliphatic carbocycles. The number of anilines is 1. The van der Waals surface area contributed by atoms with E-state index in [4.69, 9.17) is 9.47 Å². The third-order valence-corrected chi connectivity index (χ3v) is 3.94. The lowest BCUT2D eigenvalue weighted by atomic mass is 10.2. The van der Waals surface area contributed by atoms with E-state index in [0.717, 1.165) is 5.56 Å². The summed E-state index contributed by atoms with van der Waals surface area (Å²) in [5.41, 5.74) is 1.32.